The Hall–Kier alpha value is -0.410. The van der Waals surface area contributed by atoms with Crippen LogP contribution >= 0.6 is 50.7 Å². The number of hydrogen-bond donors (Lipinski definition) is 0. The van der Waals surface area contributed by atoms with Crippen LogP contribution in [-0.4, -0.2) is 0 Å². The van der Waals surface area contributed by atoms with Crippen LogP contribution in [0.4, 0.5) is 0 Å². The van der Waals surface area contributed by atoms with Crippen molar-refractivity contribution in [2.75, 3.05) is 0 Å². The third kappa shape index (κ3) is 3.33. The van der Waals surface area contributed by atoms with Crippen molar-refractivity contribution in [3.63, 3.8) is 0 Å². The van der Waals surface area contributed by atoms with E-state index in [1.165, 1.54) is 0 Å². The SMILES string of the molecule is Clc1ccc(Oc2ccc(Cl)c(Cl)c2)c(CBr)c1. The molecular formula is C13H8BrCl3O. The second-order valence-electron chi connectivity index (χ2n) is 3.56. The van der Waals surface area contributed by atoms with E-state index in [-0.39, 0.29) is 0 Å². The van der Waals surface area contributed by atoms with Crippen LogP contribution in [0.15, 0.2) is 36.4 Å². The monoisotopic (exact) mass is 364 g/mol. The second-order valence-corrected chi connectivity index (χ2v) is 5.38. The minimum atomic E-state index is 0.462. The third-order valence-electron chi connectivity index (χ3n) is 2.29. The molecule has 0 aliphatic heterocycles. The van der Waals surface area contributed by atoms with Crippen molar-refractivity contribution in [3.05, 3.63) is 57.0 Å². The summed E-state index contributed by atoms with van der Waals surface area (Å²) in [5.41, 5.74) is 0.966. The molecule has 2 aromatic carbocycles. The lowest BCUT2D eigenvalue weighted by molar-refractivity contribution is 0.478. The largest absolute Gasteiger partial charge is 0.457 e. The molecule has 18 heavy (non-hydrogen) atoms. The molecule has 0 radical (unpaired) electrons. The van der Waals surface area contributed by atoms with E-state index in [2.05, 4.69) is 15.9 Å². The van der Waals surface area contributed by atoms with Crippen molar-refractivity contribution in [1.29, 1.82) is 0 Å². The number of benzene rings is 2. The molecule has 0 aromatic heterocycles. The molecule has 0 fully saturated rings. The average molecular weight is 366 g/mol. The summed E-state index contributed by atoms with van der Waals surface area (Å²) < 4.78 is 5.76. The zero-order chi connectivity index (χ0) is 13.1. The van der Waals surface area contributed by atoms with Gasteiger partial charge in [-0.1, -0.05) is 50.7 Å². The summed E-state index contributed by atoms with van der Waals surface area (Å²) in [6.45, 7) is 0. The van der Waals surface area contributed by atoms with Gasteiger partial charge in [0.25, 0.3) is 0 Å². The summed E-state index contributed by atoms with van der Waals surface area (Å²) in [6.07, 6.45) is 0. The molecule has 0 unspecified atom stereocenters. The quantitative estimate of drug-likeness (QED) is 0.576. The Morgan fingerprint density at radius 3 is 2.39 bits per heavy atom. The molecule has 0 spiro atoms. The normalized spacial score (nSPS) is 10.4. The highest BCUT2D eigenvalue weighted by molar-refractivity contribution is 9.08. The fourth-order valence-corrected chi connectivity index (χ4v) is 2.34. The molecule has 94 valence electrons. The van der Waals surface area contributed by atoms with Gasteiger partial charge in [0.1, 0.15) is 11.5 Å². The molecule has 0 amide bonds. The molecular weight excluding hydrogens is 358 g/mol. The zero-order valence-electron chi connectivity index (χ0n) is 9.09. The van der Waals surface area contributed by atoms with Gasteiger partial charge in [-0.05, 0) is 30.3 Å². The minimum absolute atomic E-state index is 0.462. The Balaban J connectivity index is 2.30. The Bertz CT molecular complexity index is 572. The first kappa shape index (κ1) is 14.0. The number of alkyl halides is 1. The summed E-state index contributed by atoms with van der Waals surface area (Å²) in [6, 6.07) is 10.6. The molecule has 0 N–H and O–H groups in total. The van der Waals surface area contributed by atoms with Crippen LogP contribution in [0.25, 0.3) is 0 Å². The molecule has 0 aliphatic carbocycles. The van der Waals surface area contributed by atoms with Gasteiger partial charge in [-0.3, -0.25) is 0 Å². The van der Waals surface area contributed by atoms with Crippen LogP contribution in [-0.2, 0) is 5.33 Å². The Morgan fingerprint density at radius 1 is 0.944 bits per heavy atom. The summed E-state index contributed by atoms with van der Waals surface area (Å²) >= 11 is 21.1. The van der Waals surface area contributed by atoms with Crippen LogP contribution in [0.3, 0.4) is 0 Å². The number of hydrogen-bond acceptors (Lipinski definition) is 1. The number of ether oxygens (including phenoxy) is 1. The first-order chi connectivity index (χ1) is 8.60. The summed E-state index contributed by atoms with van der Waals surface area (Å²) in [4.78, 5) is 0. The van der Waals surface area contributed by atoms with Gasteiger partial charge >= 0.3 is 0 Å². The maximum atomic E-state index is 5.94. The van der Waals surface area contributed by atoms with Gasteiger partial charge in [-0.2, -0.15) is 0 Å². The van der Waals surface area contributed by atoms with Crippen molar-refractivity contribution in [1.82, 2.24) is 0 Å². The lowest BCUT2D eigenvalue weighted by Gasteiger charge is -2.10. The molecule has 1 nitrogen and oxygen atoms in total. The highest BCUT2D eigenvalue weighted by atomic mass is 79.9. The Kier molecular flexibility index (Phi) is 4.79. The van der Waals surface area contributed by atoms with E-state index in [0.717, 1.165) is 11.3 Å². The lowest BCUT2D eigenvalue weighted by Crippen LogP contribution is -1.89. The van der Waals surface area contributed by atoms with E-state index >= 15 is 0 Å². The predicted molar refractivity (Wildman–Crippen MR) is 80.6 cm³/mol. The molecule has 0 heterocycles. The standard InChI is InChI=1S/C13H8BrCl3O/c14-7-8-5-9(15)1-4-13(8)18-10-2-3-11(16)12(17)6-10/h1-6H,7H2. The van der Waals surface area contributed by atoms with E-state index in [1.807, 2.05) is 12.1 Å². The molecule has 0 saturated heterocycles. The van der Waals surface area contributed by atoms with E-state index in [1.54, 1.807) is 24.3 Å². The van der Waals surface area contributed by atoms with Gasteiger partial charge in [0.15, 0.2) is 0 Å². The van der Waals surface area contributed by atoms with Crippen LogP contribution in [0.2, 0.25) is 15.1 Å². The fraction of sp³-hybridized carbons (Fsp3) is 0.0769. The number of halogens is 4. The van der Waals surface area contributed by atoms with Gasteiger partial charge < -0.3 is 4.74 Å². The predicted octanol–water partition coefficient (Wildman–Crippen LogP) is 6.33. The average Bonchev–Trinajstić information content (AvgIpc) is 2.36. The van der Waals surface area contributed by atoms with Crippen LogP contribution in [0.5, 0.6) is 11.5 Å². The first-order valence-electron chi connectivity index (χ1n) is 5.07. The van der Waals surface area contributed by atoms with E-state index in [9.17, 15) is 0 Å². The van der Waals surface area contributed by atoms with Crippen molar-refractivity contribution < 1.29 is 4.74 Å². The van der Waals surface area contributed by atoms with Crippen molar-refractivity contribution in [3.8, 4) is 11.5 Å². The van der Waals surface area contributed by atoms with E-state index < -0.39 is 0 Å². The van der Waals surface area contributed by atoms with E-state index in [4.69, 9.17) is 39.5 Å². The number of rotatable bonds is 3. The van der Waals surface area contributed by atoms with Gasteiger partial charge in [-0.15, -0.1) is 0 Å². The van der Waals surface area contributed by atoms with Crippen molar-refractivity contribution in [2.45, 2.75) is 5.33 Å². The van der Waals surface area contributed by atoms with Crippen molar-refractivity contribution >= 4 is 50.7 Å². The van der Waals surface area contributed by atoms with Gasteiger partial charge in [0.2, 0.25) is 0 Å². The smallest absolute Gasteiger partial charge is 0.131 e. The molecule has 2 aromatic rings. The molecule has 5 heteroatoms. The molecule has 0 aliphatic rings. The minimum Gasteiger partial charge on any atom is -0.457 e. The summed E-state index contributed by atoms with van der Waals surface area (Å²) in [7, 11) is 0. The second kappa shape index (κ2) is 6.16. The van der Waals surface area contributed by atoms with E-state index in [0.29, 0.717) is 26.1 Å². The van der Waals surface area contributed by atoms with Gasteiger partial charge in [-0.25, -0.2) is 0 Å². The fourth-order valence-electron chi connectivity index (χ4n) is 1.42. The zero-order valence-corrected chi connectivity index (χ0v) is 12.9. The topological polar surface area (TPSA) is 9.23 Å². The molecule has 2 rings (SSSR count). The Labute approximate surface area is 129 Å². The maximum Gasteiger partial charge on any atom is 0.131 e. The summed E-state index contributed by atoms with van der Waals surface area (Å²) in [5.74, 6) is 1.36. The third-order valence-corrected chi connectivity index (χ3v) is 3.86. The maximum absolute atomic E-state index is 5.94. The Morgan fingerprint density at radius 2 is 1.72 bits per heavy atom. The van der Waals surface area contributed by atoms with Gasteiger partial charge in [0.05, 0.1) is 10.0 Å². The van der Waals surface area contributed by atoms with Crippen LogP contribution in [0.1, 0.15) is 5.56 Å². The molecule has 0 bridgehead atoms. The van der Waals surface area contributed by atoms with Crippen LogP contribution < -0.4 is 4.74 Å². The van der Waals surface area contributed by atoms with Gasteiger partial charge in [0, 0.05) is 22.0 Å². The first-order valence-corrected chi connectivity index (χ1v) is 7.33. The van der Waals surface area contributed by atoms with Crippen LogP contribution in [0, 0.1) is 0 Å². The molecule has 0 atom stereocenters. The lowest BCUT2D eigenvalue weighted by atomic mass is 10.2. The highest BCUT2D eigenvalue weighted by Crippen LogP contribution is 2.32. The van der Waals surface area contributed by atoms with Crippen molar-refractivity contribution in [2.24, 2.45) is 0 Å². The highest BCUT2D eigenvalue weighted by Gasteiger charge is 2.06. The molecule has 0 saturated carbocycles. The summed E-state index contributed by atoms with van der Waals surface area (Å²) in [5, 5.41) is 2.29.